The van der Waals surface area contributed by atoms with Gasteiger partial charge in [-0.25, -0.2) is 0 Å². The van der Waals surface area contributed by atoms with Crippen LogP contribution in [-0.2, 0) is 14.3 Å². The van der Waals surface area contributed by atoms with Gasteiger partial charge in [0.05, 0.1) is 17.9 Å². The number of nitrogens with one attached hydrogen (secondary N) is 1. The Morgan fingerprint density at radius 3 is 2.53 bits per heavy atom. The van der Waals surface area contributed by atoms with Crippen molar-refractivity contribution in [3.8, 4) is 0 Å². The molecule has 1 aliphatic heterocycles. The minimum atomic E-state index is -1.05. The molecule has 0 radical (unpaired) electrons. The topological polar surface area (TPSA) is 75.6 Å². The van der Waals surface area contributed by atoms with Gasteiger partial charge in [-0.2, -0.15) is 0 Å². The monoisotopic (exact) mass is 503 g/mol. The van der Waals surface area contributed by atoms with E-state index < -0.39 is 11.4 Å². The Balaban J connectivity index is 1.65. The Labute approximate surface area is 210 Å². The Bertz CT molecular complexity index is 1020. The summed E-state index contributed by atoms with van der Waals surface area (Å²) in [4.78, 5) is 25.7. The molecule has 0 unspecified atom stereocenters. The minimum absolute atomic E-state index is 0.147. The lowest BCUT2D eigenvalue weighted by Gasteiger charge is -2.47. The molecule has 2 aliphatic rings. The molecule has 4 rings (SSSR count). The lowest BCUT2D eigenvalue weighted by atomic mass is 9.61. The first-order valence-corrected chi connectivity index (χ1v) is 12.7. The quantitative estimate of drug-likeness (QED) is 0.375. The van der Waals surface area contributed by atoms with Gasteiger partial charge in [0.1, 0.15) is 0 Å². The number of aliphatic carboxylic acids is 1. The normalized spacial score (nSPS) is 25.6. The van der Waals surface area contributed by atoms with Crippen molar-refractivity contribution in [1.29, 1.82) is 0 Å². The second-order valence-electron chi connectivity index (χ2n) is 9.80. The van der Waals surface area contributed by atoms with E-state index in [4.69, 9.17) is 27.9 Å². The van der Waals surface area contributed by atoms with Gasteiger partial charge in [0.15, 0.2) is 0 Å². The predicted molar refractivity (Wildman–Crippen MR) is 133 cm³/mol. The van der Waals surface area contributed by atoms with Crippen LogP contribution in [0.2, 0.25) is 10.0 Å². The molecule has 182 valence electrons. The number of amides is 1. The standard InChI is InChI=1S/C27H31Cl2NO4/c1-17(11-12-34-16-18-5-6-18)27(15-24(31)32)14-23(20-3-2-4-22(29)13-20)25(30-26(27)33)19-7-9-21(28)10-8-19/h2-4,7-10,13,17-18,23,25H,5-6,11-12,14-16H2,1H3,(H,30,33)(H,31,32)/t17-,23+,25+,27-/m0/s1. The lowest BCUT2D eigenvalue weighted by Crippen LogP contribution is -2.54. The van der Waals surface area contributed by atoms with Gasteiger partial charge >= 0.3 is 5.97 Å². The number of carboxylic acids is 1. The SMILES string of the molecule is C[C@@H](CCOCC1CC1)[C@@]1(CC(=O)O)C[C@H](c2cccc(Cl)c2)[C@@H](c2ccc(Cl)cc2)NC1=O. The molecule has 0 spiro atoms. The maximum Gasteiger partial charge on any atom is 0.304 e. The van der Waals surface area contributed by atoms with Gasteiger partial charge in [-0.15, -0.1) is 0 Å². The summed E-state index contributed by atoms with van der Waals surface area (Å²) in [6.45, 7) is 3.24. The number of benzene rings is 2. The fraction of sp³-hybridized carbons (Fsp3) is 0.481. The molecule has 0 bridgehead atoms. The van der Waals surface area contributed by atoms with Gasteiger partial charge < -0.3 is 15.2 Å². The van der Waals surface area contributed by atoms with Crippen molar-refractivity contribution in [1.82, 2.24) is 5.32 Å². The summed E-state index contributed by atoms with van der Waals surface area (Å²) in [6, 6.07) is 14.7. The van der Waals surface area contributed by atoms with Crippen LogP contribution in [0.3, 0.4) is 0 Å². The van der Waals surface area contributed by atoms with E-state index in [2.05, 4.69) is 5.32 Å². The van der Waals surface area contributed by atoms with Gasteiger partial charge in [-0.3, -0.25) is 9.59 Å². The van der Waals surface area contributed by atoms with Crippen LogP contribution < -0.4 is 5.32 Å². The van der Waals surface area contributed by atoms with Crippen molar-refractivity contribution in [2.24, 2.45) is 17.3 Å². The van der Waals surface area contributed by atoms with Crippen LogP contribution >= 0.6 is 23.2 Å². The number of ether oxygens (including phenoxy) is 1. The molecule has 4 atom stereocenters. The van der Waals surface area contributed by atoms with Crippen molar-refractivity contribution in [2.45, 2.75) is 51.0 Å². The van der Waals surface area contributed by atoms with Crippen LogP contribution in [0.5, 0.6) is 0 Å². The largest absolute Gasteiger partial charge is 0.481 e. The molecular formula is C27H31Cl2NO4. The molecule has 34 heavy (non-hydrogen) atoms. The van der Waals surface area contributed by atoms with E-state index in [-0.39, 0.29) is 30.2 Å². The number of hydrogen-bond acceptors (Lipinski definition) is 3. The van der Waals surface area contributed by atoms with E-state index in [1.807, 2.05) is 43.3 Å². The zero-order valence-corrected chi connectivity index (χ0v) is 20.8. The second kappa shape index (κ2) is 10.7. The number of carbonyl (C=O) groups is 2. The third kappa shape index (κ3) is 5.76. The van der Waals surface area contributed by atoms with E-state index in [9.17, 15) is 14.7 Å². The third-order valence-corrected chi connectivity index (χ3v) is 7.87. The minimum Gasteiger partial charge on any atom is -0.481 e. The Morgan fingerprint density at radius 2 is 1.88 bits per heavy atom. The van der Waals surface area contributed by atoms with Gasteiger partial charge in [-0.05, 0) is 72.9 Å². The van der Waals surface area contributed by atoms with Gasteiger partial charge in [0.25, 0.3) is 0 Å². The zero-order chi connectivity index (χ0) is 24.3. The van der Waals surface area contributed by atoms with E-state index in [1.54, 1.807) is 12.1 Å². The molecule has 2 fully saturated rings. The van der Waals surface area contributed by atoms with E-state index in [1.165, 1.54) is 12.8 Å². The summed E-state index contributed by atoms with van der Waals surface area (Å²) in [6.07, 6.45) is 3.24. The molecule has 2 aromatic carbocycles. The summed E-state index contributed by atoms with van der Waals surface area (Å²) in [5.74, 6) is -0.852. The van der Waals surface area contributed by atoms with Crippen molar-refractivity contribution in [2.75, 3.05) is 13.2 Å². The van der Waals surface area contributed by atoms with Crippen molar-refractivity contribution < 1.29 is 19.4 Å². The highest BCUT2D eigenvalue weighted by Crippen LogP contribution is 2.51. The molecule has 1 amide bonds. The molecule has 1 saturated heterocycles. The van der Waals surface area contributed by atoms with E-state index in [0.29, 0.717) is 35.4 Å². The predicted octanol–water partition coefficient (Wildman–Crippen LogP) is 6.25. The van der Waals surface area contributed by atoms with Crippen LogP contribution in [-0.4, -0.2) is 30.2 Å². The summed E-state index contributed by atoms with van der Waals surface area (Å²) in [5, 5.41) is 14.2. The van der Waals surface area contributed by atoms with Crippen LogP contribution in [0.4, 0.5) is 0 Å². The van der Waals surface area contributed by atoms with E-state index in [0.717, 1.165) is 17.7 Å². The Morgan fingerprint density at radius 1 is 1.15 bits per heavy atom. The maximum atomic E-state index is 13.7. The maximum absolute atomic E-state index is 13.7. The average Bonchev–Trinajstić information content (AvgIpc) is 3.62. The molecule has 1 heterocycles. The van der Waals surface area contributed by atoms with Crippen molar-refractivity contribution in [3.63, 3.8) is 0 Å². The molecule has 5 nitrogen and oxygen atoms in total. The molecule has 2 N–H and O–H groups in total. The first-order chi connectivity index (χ1) is 16.3. The molecular weight excluding hydrogens is 473 g/mol. The van der Waals surface area contributed by atoms with Gasteiger partial charge in [-0.1, -0.05) is 54.4 Å². The number of rotatable bonds is 10. The molecule has 2 aromatic rings. The van der Waals surface area contributed by atoms with E-state index >= 15 is 0 Å². The first kappa shape index (κ1) is 25.0. The highest BCUT2D eigenvalue weighted by molar-refractivity contribution is 6.30. The Kier molecular flexibility index (Phi) is 7.86. The average molecular weight is 504 g/mol. The van der Waals surface area contributed by atoms with Gasteiger partial charge in [0.2, 0.25) is 5.91 Å². The zero-order valence-electron chi connectivity index (χ0n) is 19.3. The van der Waals surface area contributed by atoms with Crippen LogP contribution in [0, 0.1) is 17.3 Å². The van der Waals surface area contributed by atoms with Crippen LogP contribution in [0.15, 0.2) is 48.5 Å². The highest BCUT2D eigenvalue weighted by Gasteiger charge is 2.52. The fourth-order valence-electron chi connectivity index (χ4n) is 5.11. The smallest absolute Gasteiger partial charge is 0.304 e. The summed E-state index contributed by atoms with van der Waals surface area (Å²) < 4.78 is 5.82. The number of carbonyl (C=O) groups excluding carboxylic acids is 1. The number of carboxylic acid groups (broad SMARTS) is 1. The second-order valence-corrected chi connectivity index (χ2v) is 10.7. The first-order valence-electron chi connectivity index (χ1n) is 11.9. The summed E-state index contributed by atoms with van der Waals surface area (Å²) >= 11 is 12.4. The summed E-state index contributed by atoms with van der Waals surface area (Å²) in [7, 11) is 0. The van der Waals surface area contributed by atoms with Crippen molar-refractivity contribution >= 4 is 35.1 Å². The molecule has 7 heteroatoms. The fourth-order valence-corrected chi connectivity index (χ4v) is 5.44. The van der Waals surface area contributed by atoms with Gasteiger partial charge in [0, 0.05) is 29.2 Å². The van der Waals surface area contributed by atoms with Crippen LogP contribution in [0.25, 0.3) is 0 Å². The van der Waals surface area contributed by atoms with Crippen LogP contribution in [0.1, 0.15) is 62.1 Å². The molecule has 1 aliphatic carbocycles. The number of halogens is 2. The highest BCUT2D eigenvalue weighted by atomic mass is 35.5. The third-order valence-electron chi connectivity index (χ3n) is 7.39. The lowest BCUT2D eigenvalue weighted by molar-refractivity contribution is -0.152. The molecule has 1 saturated carbocycles. The number of piperidine rings is 1. The van der Waals surface area contributed by atoms with Crippen molar-refractivity contribution in [3.05, 3.63) is 69.7 Å². The molecule has 0 aromatic heterocycles. The Hall–Kier alpha value is -2.08. The number of hydrogen-bond donors (Lipinski definition) is 2. The summed E-state index contributed by atoms with van der Waals surface area (Å²) in [5.41, 5.74) is 0.844.